The molecule has 1 atom stereocenters. The molecular weight excluding hydrogens is 238 g/mol. The van der Waals surface area contributed by atoms with Crippen LogP contribution in [0.1, 0.15) is 24.8 Å². The van der Waals surface area contributed by atoms with Gasteiger partial charge in [0, 0.05) is 24.8 Å². The maximum Gasteiger partial charge on any atom is 0.241 e. The molecule has 3 rings (SSSR count). The number of carbonyl (C=O) groups is 1. The Bertz CT molecular complexity index is 466. The summed E-state index contributed by atoms with van der Waals surface area (Å²) >= 11 is 0. The van der Waals surface area contributed by atoms with Gasteiger partial charge in [0.15, 0.2) is 0 Å². The Balaban J connectivity index is 1.74. The first-order valence-electron chi connectivity index (χ1n) is 7.12. The van der Waals surface area contributed by atoms with Crippen LogP contribution in [0.15, 0.2) is 24.3 Å². The van der Waals surface area contributed by atoms with Gasteiger partial charge in [-0.2, -0.15) is 0 Å². The first kappa shape index (κ1) is 12.6. The van der Waals surface area contributed by atoms with Crippen LogP contribution in [0.5, 0.6) is 0 Å². The third kappa shape index (κ3) is 2.65. The summed E-state index contributed by atoms with van der Waals surface area (Å²) in [6.45, 7) is 1.88. The minimum Gasteiger partial charge on any atom is -0.328 e. The first-order chi connectivity index (χ1) is 9.24. The summed E-state index contributed by atoms with van der Waals surface area (Å²) in [6.07, 6.45) is 3.85. The van der Waals surface area contributed by atoms with E-state index < -0.39 is 0 Å². The Kier molecular flexibility index (Phi) is 3.53. The molecule has 0 aromatic heterocycles. The number of aryl methyl sites for hydroxylation is 1. The lowest BCUT2D eigenvalue weighted by atomic mass is 10.0. The summed E-state index contributed by atoms with van der Waals surface area (Å²) < 4.78 is 0. The average molecular weight is 259 g/mol. The fraction of sp³-hybridized carbons (Fsp3) is 0.533. The molecule has 102 valence electrons. The number of fused-ring (bicyclic) bond motifs is 1. The lowest BCUT2D eigenvalue weighted by molar-refractivity contribution is -0.121. The molecule has 2 aliphatic heterocycles. The van der Waals surface area contributed by atoms with Crippen LogP contribution in [0.2, 0.25) is 0 Å². The third-order valence-electron chi connectivity index (χ3n) is 4.28. The van der Waals surface area contributed by atoms with E-state index in [4.69, 9.17) is 5.73 Å². The number of anilines is 1. The molecule has 4 nitrogen and oxygen atoms in total. The van der Waals surface area contributed by atoms with Crippen molar-refractivity contribution >= 4 is 11.6 Å². The number of likely N-dealkylation sites (tertiary alicyclic amines) is 1. The number of piperidine rings is 1. The number of hydrogen-bond donors (Lipinski definition) is 2. The minimum absolute atomic E-state index is 0.0000926. The quantitative estimate of drug-likeness (QED) is 0.800. The highest BCUT2D eigenvalue weighted by molar-refractivity contribution is 5.96. The molecule has 0 aliphatic carbocycles. The van der Waals surface area contributed by atoms with Gasteiger partial charge in [0.2, 0.25) is 5.91 Å². The van der Waals surface area contributed by atoms with Crippen molar-refractivity contribution < 1.29 is 4.79 Å². The Labute approximate surface area is 114 Å². The average Bonchev–Trinajstić information content (AvgIpc) is 2.58. The topological polar surface area (TPSA) is 58.4 Å². The Morgan fingerprint density at radius 1 is 1.16 bits per heavy atom. The van der Waals surface area contributed by atoms with Crippen LogP contribution in [-0.2, 0) is 11.2 Å². The zero-order valence-electron chi connectivity index (χ0n) is 11.1. The summed E-state index contributed by atoms with van der Waals surface area (Å²) in [7, 11) is 0. The van der Waals surface area contributed by atoms with Crippen LogP contribution in [0, 0.1) is 0 Å². The standard InChI is InChI=1S/C15H21N3O/c16-12-7-9-18(10-8-12)14-6-5-11-3-1-2-4-13(11)17-15(14)19/h1-4,12,14H,5-10,16H2,(H,17,19)/t14-/m0/s1. The number of benzene rings is 1. The fourth-order valence-electron chi connectivity index (χ4n) is 3.08. The van der Waals surface area contributed by atoms with Crippen LogP contribution in [0.25, 0.3) is 0 Å². The molecule has 1 aromatic carbocycles. The molecule has 4 heteroatoms. The molecule has 3 N–H and O–H groups in total. The predicted molar refractivity (Wildman–Crippen MR) is 76.0 cm³/mol. The van der Waals surface area contributed by atoms with Gasteiger partial charge < -0.3 is 11.1 Å². The van der Waals surface area contributed by atoms with E-state index in [-0.39, 0.29) is 11.9 Å². The van der Waals surface area contributed by atoms with Crippen molar-refractivity contribution in [2.24, 2.45) is 5.73 Å². The van der Waals surface area contributed by atoms with Crippen molar-refractivity contribution in [2.75, 3.05) is 18.4 Å². The predicted octanol–water partition coefficient (Wildman–Crippen LogP) is 1.36. The number of rotatable bonds is 1. The molecular formula is C15H21N3O. The van der Waals surface area contributed by atoms with Gasteiger partial charge in [-0.05, 0) is 37.3 Å². The maximum absolute atomic E-state index is 12.4. The van der Waals surface area contributed by atoms with Gasteiger partial charge in [-0.1, -0.05) is 18.2 Å². The number of hydrogen-bond acceptors (Lipinski definition) is 3. The lowest BCUT2D eigenvalue weighted by Crippen LogP contribution is -2.49. The van der Waals surface area contributed by atoms with Crippen molar-refractivity contribution in [3.8, 4) is 0 Å². The molecule has 2 aliphatic rings. The van der Waals surface area contributed by atoms with Gasteiger partial charge in [0.1, 0.15) is 0 Å². The molecule has 19 heavy (non-hydrogen) atoms. The highest BCUT2D eigenvalue weighted by atomic mass is 16.2. The third-order valence-corrected chi connectivity index (χ3v) is 4.28. The van der Waals surface area contributed by atoms with Gasteiger partial charge in [0.25, 0.3) is 0 Å². The number of nitrogens with one attached hydrogen (secondary N) is 1. The number of nitrogens with zero attached hydrogens (tertiary/aromatic N) is 1. The molecule has 0 saturated carbocycles. The maximum atomic E-state index is 12.4. The minimum atomic E-state index is -0.0000926. The van der Waals surface area contributed by atoms with Gasteiger partial charge in [-0.25, -0.2) is 0 Å². The Morgan fingerprint density at radius 3 is 2.68 bits per heavy atom. The Morgan fingerprint density at radius 2 is 1.89 bits per heavy atom. The van der Waals surface area contributed by atoms with Crippen LogP contribution in [0.3, 0.4) is 0 Å². The largest absolute Gasteiger partial charge is 0.328 e. The van der Waals surface area contributed by atoms with E-state index in [1.165, 1.54) is 5.56 Å². The van der Waals surface area contributed by atoms with E-state index in [9.17, 15) is 4.79 Å². The summed E-state index contributed by atoms with van der Waals surface area (Å²) in [6, 6.07) is 8.40. The molecule has 0 spiro atoms. The summed E-state index contributed by atoms with van der Waals surface area (Å²) in [5.41, 5.74) is 8.15. The van der Waals surface area contributed by atoms with Gasteiger partial charge in [-0.3, -0.25) is 9.69 Å². The van der Waals surface area contributed by atoms with Gasteiger partial charge in [-0.15, -0.1) is 0 Å². The van der Waals surface area contributed by atoms with Crippen LogP contribution in [-0.4, -0.2) is 36.0 Å². The van der Waals surface area contributed by atoms with Crippen molar-refractivity contribution in [3.63, 3.8) is 0 Å². The highest BCUT2D eigenvalue weighted by Crippen LogP contribution is 2.25. The van der Waals surface area contributed by atoms with E-state index in [1.807, 2.05) is 18.2 Å². The van der Waals surface area contributed by atoms with Gasteiger partial charge >= 0.3 is 0 Å². The van der Waals surface area contributed by atoms with Crippen molar-refractivity contribution in [1.29, 1.82) is 0 Å². The van der Waals surface area contributed by atoms with Crippen LogP contribution < -0.4 is 11.1 Å². The van der Waals surface area contributed by atoms with Crippen LogP contribution in [0.4, 0.5) is 5.69 Å². The van der Waals surface area contributed by atoms with E-state index in [0.717, 1.165) is 44.5 Å². The molecule has 0 radical (unpaired) electrons. The second-order valence-electron chi connectivity index (χ2n) is 5.57. The number of para-hydroxylation sites is 1. The van der Waals surface area contributed by atoms with E-state index in [1.54, 1.807) is 0 Å². The molecule has 1 saturated heterocycles. The fourth-order valence-corrected chi connectivity index (χ4v) is 3.08. The second kappa shape index (κ2) is 5.31. The molecule has 2 heterocycles. The smallest absolute Gasteiger partial charge is 0.241 e. The van der Waals surface area contributed by atoms with Crippen LogP contribution >= 0.6 is 0 Å². The summed E-state index contributed by atoms with van der Waals surface area (Å²) in [5.74, 6) is 0.139. The van der Waals surface area contributed by atoms with E-state index >= 15 is 0 Å². The lowest BCUT2D eigenvalue weighted by Gasteiger charge is -2.35. The second-order valence-corrected chi connectivity index (χ2v) is 5.57. The normalized spacial score (nSPS) is 25.5. The zero-order valence-corrected chi connectivity index (χ0v) is 11.1. The Hall–Kier alpha value is -1.39. The molecule has 1 fully saturated rings. The summed E-state index contributed by atoms with van der Waals surface area (Å²) in [4.78, 5) is 14.7. The van der Waals surface area contributed by atoms with E-state index in [2.05, 4.69) is 16.3 Å². The van der Waals surface area contributed by atoms with Gasteiger partial charge in [0.05, 0.1) is 6.04 Å². The molecule has 0 bridgehead atoms. The molecule has 1 amide bonds. The van der Waals surface area contributed by atoms with E-state index in [0.29, 0.717) is 6.04 Å². The van der Waals surface area contributed by atoms with Crippen molar-refractivity contribution in [3.05, 3.63) is 29.8 Å². The highest BCUT2D eigenvalue weighted by Gasteiger charge is 2.30. The molecule has 1 aromatic rings. The monoisotopic (exact) mass is 259 g/mol. The SMILES string of the molecule is NC1CCN([C@H]2CCc3ccccc3NC2=O)CC1. The number of nitrogens with two attached hydrogens (primary N) is 1. The number of carbonyl (C=O) groups excluding carboxylic acids is 1. The molecule has 0 unspecified atom stereocenters. The zero-order chi connectivity index (χ0) is 13.2. The summed E-state index contributed by atoms with van der Waals surface area (Å²) in [5, 5.41) is 3.07. The number of amides is 1. The van der Waals surface area contributed by atoms with Crippen molar-refractivity contribution in [1.82, 2.24) is 4.90 Å². The van der Waals surface area contributed by atoms with Crippen molar-refractivity contribution in [2.45, 2.75) is 37.8 Å². The first-order valence-corrected chi connectivity index (χ1v) is 7.12.